The molecule has 5 nitrogen and oxygen atoms in total. The van der Waals surface area contributed by atoms with E-state index in [0.29, 0.717) is 38.0 Å². The van der Waals surface area contributed by atoms with Crippen LogP contribution in [0, 0.1) is 11.8 Å². The van der Waals surface area contributed by atoms with E-state index in [0.717, 1.165) is 32.4 Å². The molecule has 0 saturated carbocycles. The third-order valence-corrected chi connectivity index (χ3v) is 5.87. The molecule has 1 N–H and O–H groups in total. The van der Waals surface area contributed by atoms with Gasteiger partial charge in [0.2, 0.25) is 0 Å². The first-order valence-corrected chi connectivity index (χ1v) is 8.86. The monoisotopic (exact) mass is 289 g/mol. The van der Waals surface area contributed by atoms with Crippen LogP contribution in [0.15, 0.2) is 0 Å². The zero-order chi connectivity index (χ0) is 13.9. The second kappa shape index (κ2) is 6.52. The molecule has 0 aromatic carbocycles. The van der Waals surface area contributed by atoms with Gasteiger partial charge in [0.25, 0.3) is 10.2 Å². The number of nitrogens with one attached hydrogen (secondary N) is 1. The molecule has 2 saturated heterocycles. The zero-order valence-electron chi connectivity index (χ0n) is 12.1. The first-order valence-electron chi connectivity index (χ1n) is 7.46. The minimum atomic E-state index is -3.22. The molecule has 0 bridgehead atoms. The molecule has 0 spiro atoms. The van der Waals surface area contributed by atoms with Crippen LogP contribution in [0.3, 0.4) is 0 Å². The van der Waals surface area contributed by atoms with E-state index >= 15 is 0 Å². The van der Waals surface area contributed by atoms with Crippen LogP contribution in [0.2, 0.25) is 0 Å². The fraction of sp³-hybridized carbons (Fsp3) is 1.00. The van der Waals surface area contributed by atoms with Crippen molar-refractivity contribution in [3.63, 3.8) is 0 Å². The highest BCUT2D eigenvalue weighted by molar-refractivity contribution is 7.86. The van der Waals surface area contributed by atoms with Crippen molar-refractivity contribution in [3.05, 3.63) is 0 Å². The molecule has 0 amide bonds. The van der Waals surface area contributed by atoms with Crippen LogP contribution in [0.1, 0.15) is 33.1 Å². The minimum absolute atomic E-state index is 0.381. The number of hydrogen-bond acceptors (Lipinski definition) is 3. The number of nitrogens with zero attached hydrogens (tertiary/aromatic N) is 2. The van der Waals surface area contributed by atoms with Crippen LogP contribution in [0.4, 0.5) is 0 Å². The van der Waals surface area contributed by atoms with E-state index in [4.69, 9.17) is 0 Å². The quantitative estimate of drug-likeness (QED) is 0.836. The van der Waals surface area contributed by atoms with E-state index in [9.17, 15) is 8.42 Å². The van der Waals surface area contributed by atoms with Gasteiger partial charge in [0.15, 0.2) is 0 Å². The van der Waals surface area contributed by atoms with Gasteiger partial charge in [0, 0.05) is 26.2 Å². The first kappa shape index (κ1) is 15.2. The van der Waals surface area contributed by atoms with Gasteiger partial charge < -0.3 is 5.32 Å². The van der Waals surface area contributed by atoms with Gasteiger partial charge in [-0.05, 0) is 44.2 Å². The molecule has 2 aliphatic heterocycles. The fourth-order valence-electron chi connectivity index (χ4n) is 2.96. The Morgan fingerprint density at radius 2 is 1.95 bits per heavy atom. The molecule has 0 aromatic rings. The lowest BCUT2D eigenvalue weighted by atomic mass is 10.00. The number of hydrogen-bond donors (Lipinski definition) is 1. The third-order valence-electron chi connectivity index (χ3n) is 3.90. The molecule has 0 radical (unpaired) electrons. The molecule has 0 aromatic heterocycles. The number of piperidine rings is 1. The molecule has 19 heavy (non-hydrogen) atoms. The highest BCUT2D eigenvalue weighted by atomic mass is 32.2. The van der Waals surface area contributed by atoms with Gasteiger partial charge in [-0.2, -0.15) is 17.0 Å². The Bertz CT molecular complexity index is 377. The van der Waals surface area contributed by atoms with Gasteiger partial charge in [-0.3, -0.25) is 0 Å². The summed E-state index contributed by atoms with van der Waals surface area (Å²) in [6, 6.07) is 0. The van der Waals surface area contributed by atoms with Gasteiger partial charge in [0.05, 0.1) is 0 Å². The standard InChI is InChI=1S/C13H27N3O2S/c1-12(2)10-15-7-4-8-16(19(15,17)18)11-13-5-3-6-14-9-13/h12-14H,3-11H2,1-2H3. The molecule has 2 aliphatic rings. The molecular formula is C13H27N3O2S. The van der Waals surface area contributed by atoms with E-state index in [1.807, 2.05) is 0 Å². The predicted molar refractivity (Wildman–Crippen MR) is 77.1 cm³/mol. The van der Waals surface area contributed by atoms with E-state index in [2.05, 4.69) is 19.2 Å². The topological polar surface area (TPSA) is 52.6 Å². The molecule has 2 heterocycles. The maximum atomic E-state index is 12.6. The Morgan fingerprint density at radius 1 is 1.21 bits per heavy atom. The maximum Gasteiger partial charge on any atom is 0.281 e. The highest BCUT2D eigenvalue weighted by Gasteiger charge is 2.35. The zero-order valence-corrected chi connectivity index (χ0v) is 13.0. The van der Waals surface area contributed by atoms with E-state index < -0.39 is 10.2 Å². The Balaban J connectivity index is 1.99. The van der Waals surface area contributed by atoms with Crippen LogP contribution in [0.25, 0.3) is 0 Å². The lowest BCUT2D eigenvalue weighted by Crippen LogP contribution is -2.52. The summed E-state index contributed by atoms with van der Waals surface area (Å²) in [5, 5.41) is 3.36. The normalized spacial score (nSPS) is 29.7. The van der Waals surface area contributed by atoms with Crippen molar-refractivity contribution in [2.75, 3.05) is 39.3 Å². The molecule has 2 rings (SSSR count). The van der Waals surface area contributed by atoms with Gasteiger partial charge >= 0.3 is 0 Å². The minimum Gasteiger partial charge on any atom is -0.316 e. The van der Waals surface area contributed by atoms with Crippen molar-refractivity contribution in [3.8, 4) is 0 Å². The summed E-state index contributed by atoms with van der Waals surface area (Å²) in [5.41, 5.74) is 0. The Labute approximate surface area is 117 Å². The lowest BCUT2D eigenvalue weighted by Gasteiger charge is -2.37. The fourth-order valence-corrected chi connectivity index (χ4v) is 4.90. The van der Waals surface area contributed by atoms with Crippen molar-refractivity contribution in [2.45, 2.75) is 33.1 Å². The SMILES string of the molecule is CC(C)CN1CCCN(CC2CCCNC2)S1(=O)=O. The summed E-state index contributed by atoms with van der Waals surface area (Å²) in [4.78, 5) is 0. The summed E-state index contributed by atoms with van der Waals surface area (Å²) in [6.45, 7) is 8.86. The first-order chi connectivity index (χ1) is 9.00. The van der Waals surface area contributed by atoms with Crippen LogP contribution >= 0.6 is 0 Å². The van der Waals surface area contributed by atoms with Crippen LogP contribution in [-0.2, 0) is 10.2 Å². The smallest absolute Gasteiger partial charge is 0.281 e. The van der Waals surface area contributed by atoms with Gasteiger partial charge in [-0.1, -0.05) is 13.8 Å². The predicted octanol–water partition coefficient (Wildman–Crippen LogP) is 0.895. The summed E-state index contributed by atoms with van der Waals surface area (Å²) in [5.74, 6) is 0.855. The second-order valence-electron chi connectivity index (χ2n) is 6.18. The van der Waals surface area contributed by atoms with Crippen molar-refractivity contribution in [1.29, 1.82) is 0 Å². The van der Waals surface area contributed by atoms with Crippen molar-refractivity contribution < 1.29 is 8.42 Å². The molecule has 112 valence electrons. The summed E-state index contributed by atoms with van der Waals surface area (Å²) < 4.78 is 28.5. The van der Waals surface area contributed by atoms with E-state index in [1.54, 1.807) is 8.61 Å². The maximum absolute atomic E-state index is 12.6. The Kier molecular flexibility index (Phi) is 5.22. The molecule has 1 unspecified atom stereocenters. The Morgan fingerprint density at radius 3 is 2.58 bits per heavy atom. The molecular weight excluding hydrogens is 262 g/mol. The molecule has 2 fully saturated rings. The molecule has 0 aliphatic carbocycles. The number of rotatable bonds is 4. The van der Waals surface area contributed by atoms with Gasteiger partial charge in [0.1, 0.15) is 0 Å². The van der Waals surface area contributed by atoms with Crippen LogP contribution in [-0.4, -0.2) is 56.3 Å². The second-order valence-corrected chi connectivity index (χ2v) is 8.11. The van der Waals surface area contributed by atoms with Gasteiger partial charge in [-0.15, -0.1) is 0 Å². The van der Waals surface area contributed by atoms with Gasteiger partial charge in [-0.25, -0.2) is 0 Å². The van der Waals surface area contributed by atoms with E-state index in [1.165, 1.54) is 0 Å². The van der Waals surface area contributed by atoms with E-state index in [-0.39, 0.29) is 0 Å². The van der Waals surface area contributed by atoms with Crippen LogP contribution < -0.4 is 5.32 Å². The summed E-state index contributed by atoms with van der Waals surface area (Å²) >= 11 is 0. The summed E-state index contributed by atoms with van der Waals surface area (Å²) in [6.07, 6.45) is 3.25. The largest absolute Gasteiger partial charge is 0.316 e. The molecule has 6 heteroatoms. The Hall–Kier alpha value is -0.170. The average molecular weight is 289 g/mol. The third kappa shape index (κ3) is 3.90. The van der Waals surface area contributed by atoms with Crippen molar-refractivity contribution in [1.82, 2.24) is 13.9 Å². The lowest BCUT2D eigenvalue weighted by molar-refractivity contribution is 0.232. The average Bonchev–Trinajstić information content (AvgIpc) is 2.35. The van der Waals surface area contributed by atoms with Crippen molar-refractivity contribution >= 4 is 10.2 Å². The van der Waals surface area contributed by atoms with Crippen LogP contribution in [0.5, 0.6) is 0 Å². The highest BCUT2D eigenvalue weighted by Crippen LogP contribution is 2.21. The summed E-state index contributed by atoms with van der Waals surface area (Å²) in [7, 11) is -3.22. The van der Waals surface area contributed by atoms with Crippen molar-refractivity contribution in [2.24, 2.45) is 11.8 Å². The molecule has 1 atom stereocenters.